The van der Waals surface area contributed by atoms with E-state index in [1.165, 1.54) is 0 Å². The fraction of sp³-hybridized carbons (Fsp3) is 0.435. The van der Waals surface area contributed by atoms with Crippen LogP contribution in [-0.2, 0) is 27.1 Å². The van der Waals surface area contributed by atoms with Gasteiger partial charge < -0.3 is 33.2 Å². The molecule has 0 amide bonds. The topological polar surface area (TPSA) is 81.7 Å². The Kier molecular flexibility index (Phi) is 6.08. The molecule has 3 atom stereocenters. The fourth-order valence-corrected chi connectivity index (χ4v) is 4.20. The predicted octanol–water partition coefficient (Wildman–Crippen LogP) is 2.99. The standard InChI is InChI=1S/C23H26O8/c1-25-19-10-14(11-20(26-2)21(19)27-3)8-15-16(23(28-4)31-22(15)24)7-13-5-6-17-18(9-13)30-12-29-17/h5-6,9-11,15-16,23H,7-8,12H2,1-4H3/t15-,16-,23-/m1/s1. The van der Waals surface area contributed by atoms with E-state index < -0.39 is 12.2 Å². The van der Waals surface area contributed by atoms with Crippen LogP contribution < -0.4 is 23.7 Å². The average molecular weight is 430 g/mol. The monoisotopic (exact) mass is 430 g/mol. The second-order valence-electron chi connectivity index (χ2n) is 7.44. The van der Waals surface area contributed by atoms with Crippen molar-refractivity contribution in [2.45, 2.75) is 19.1 Å². The molecule has 2 heterocycles. The number of hydrogen-bond donors (Lipinski definition) is 0. The molecule has 1 saturated heterocycles. The smallest absolute Gasteiger partial charge is 0.312 e. The van der Waals surface area contributed by atoms with Crippen LogP contribution in [-0.4, -0.2) is 47.5 Å². The lowest BCUT2D eigenvalue weighted by molar-refractivity contribution is -0.162. The highest BCUT2D eigenvalue weighted by molar-refractivity contribution is 5.75. The van der Waals surface area contributed by atoms with Gasteiger partial charge in [0.2, 0.25) is 18.8 Å². The molecule has 8 nitrogen and oxygen atoms in total. The number of methoxy groups -OCH3 is 4. The quantitative estimate of drug-likeness (QED) is 0.592. The van der Waals surface area contributed by atoms with Gasteiger partial charge in [-0.1, -0.05) is 6.07 Å². The van der Waals surface area contributed by atoms with Gasteiger partial charge in [-0.25, -0.2) is 0 Å². The van der Waals surface area contributed by atoms with E-state index in [2.05, 4.69) is 0 Å². The molecule has 8 heteroatoms. The highest BCUT2D eigenvalue weighted by Gasteiger charge is 2.45. The van der Waals surface area contributed by atoms with Crippen molar-refractivity contribution in [3.63, 3.8) is 0 Å². The summed E-state index contributed by atoms with van der Waals surface area (Å²) in [4.78, 5) is 12.7. The van der Waals surface area contributed by atoms with Gasteiger partial charge in [0.1, 0.15) is 0 Å². The Morgan fingerprint density at radius 3 is 2.23 bits per heavy atom. The molecule has 166 valence electrons. The summed E-state index contributed by atoms with van der Waals surface area (Å²) in [5.41, 5.74) is 1.90. The Bertz CT molecular complexity index is 932. The van der Waals surface area contributed by atoms with Crippen molar-refractivity contribution in [1.82, 2.24) is 0 Å². The average Bonchev–Trinajstić information content (AvgIpc) is 3.37. The van der Waals surface area contributed by atoms with E-state index in [-0.39, 0.29) is 18.7 Å². The van der Waals surface area contributed by atoms with Crippen molar-refractivity contribution in [3.05, 3.63) is 41.5 Å². The minimum atomic E-state index is -0.620. The van der Waals surface area contributed by atoms with Gasteiger partial charge >= 0.3 is 5.97 Å². The Morgan fingerprint density at radius 2 is 1.58 bits per heavy atom. The normalized spacial score (nSPS) is 21.7. The van der Waals surface area contributed by atoms with Gasteiger partial charge in [0.15, 0.2) is 23.0 Å². The molecule has 0 unspecified atom stereocenters. The fourth-order valence-electron chi connectivity index (χ4n) is 4.20. The summed E-state index contributed by atoms with van der Waals surface area (Å²) in [6.45, 7) is 0.217. The number of esters is 1. The van der Waals surface area contributed by atoms with Crippen molar-refractivity contribution in [2.24, 2.45) is 11.8 Å². The van der Waals surface area contributed by atoms with E-state index in [9.17, 15) is 4.79 Å². The third-order valence-corrected chi connectivity index (χ3v) is 5.72. The number of benzene rings is 2. The lowest BCUT2D eigenvalue weighted by Gasteiger charge is -2.21. The zero-order valence-corrected chi connectivity index (χ0v) is 18.0. The summed E-state index contributed by atoms with van der Waals surface area (Å²) in [6.07, 6.45) is 0.422. The van der Waals surface area contributed by atoms with Crippen LogP contribution in [0.25, 0.3) is 0 Å². The maximum atomic E-state index is 12.7. The van der Waals surface area contributed by atoms with E-state index in [1.807, 2.05) is 30.3 Å². The minimum absolute atomic E-state index is 0.169. The Hall–Kier alpha value is -3.13. The highest BCUT2D eigenvalue weighted by Crippen LogP contribution is 2.41. The van der Waals surface area contributed by atoms with Crippen LogP contribution in [0.3, 0.4) is 0 Å². The first-order valence-corrected chi connectivity index (χ1v) is 9.98. The van der Waals surface area contributed by atoms with E-state index in [1.54, 1.807) is 28.4 Å². The zero-order chi connectivity index (χ0) is 22.0. The number of cyclic esters (lactones) is 1. The van der Waals surface area contributed by atoms with E-state index in [0.717, 1.165) is 16.9 Å². The second kappa shape index (κ2) is 8.93. The lowest BCUT2D eigenvalue weighted by atomic mass is 9.84. The van der Waals surface area contributed by atoms with Crippen LogP contribution in [0.1, 0.15) is 11.1 Å². The Labute approximate surface area is 180 Å². The van der Waals surface area contributed by atoms with Crippen molar-refractivity contribution in [2.75, 3.05) is 35.2 Å². The molecular formula is C23H26O8. The van der Waals surface area contributed by atoms with Gasteiger partial charge in [-0.15, -0.1) is 0 Å². The summed E-state index contributed by atoms with van der Waals surface area (Å²) < 4.78 is 38.2. The van der Waals surface area contributed by atoms with Crippen LogP contribution in [0.2, 0.25) is 0 Å². The van der Waals surface area contributed by atoms with Gasteiger partial charge in [-0.05, 0) is 48.2 Å². The number of hydrogen-bond acceptors (Lipinski definition) is 8. The van der Waals surface area contributed by atoms with Crippen molar-refractivity contribution in [3.8, 4) is 28.7 Å². The second-order valence-corrected chi connectivity index (χ2v) is 7.44. The molecule has 0 N–H and O–H groups in total. The molecule has 31 heavy (non-hydrogen) atoms. The molecule has 0 aromatic heterocycles. The zero-order valence-electron chi connectivity index (χ0n) is 18.0. The first-order chi connectivity index (χ1) is 15.1. The summed E-state index contributed by atoms with van der Waals surface area (Å²) in [5.74, 6) is 2.17. The van der Waals surface area contributed by atoms with E-state index in [0.29, 0.717) is 35.8 Å². The number of rotatable bonds is 8. The summed E-state index contributed by atoms with van der Waals surface area (Å²) in [6, 6.07) is 9.50. The molecule has 1 fully saturated rings. The first-order valence-electron chi connectivity index (χ1n) is 9.98. The largest absolute Gasteiger partial charge is 0.493 e. The van der Waals surface area contributed by atoms with E-state index >= 15 is 0 Å². The van der Waals surface area contributed by atoms with Crippen LogP contribution in [0.15, 0.2) is 30.3 Å². The van der Waals surface area contributed by atoms with Gasteiger partial charge in [0.05, 0.1) is 27.2 Å². The summed E-state index contributed by atoms with van der Waals surface area (Å²) in [7, 11) is 6.23. The molecule has 2 aliphatic heterocycles. The maximum absolute atomic E-state index is 12.7. The molecule has 2 aliphatic rings. The number of fused-ring (bicyclic) bond motifs is 1. The number of ether oxygens (including phenoxy) is 7. The van der Waals surface area contributed by atoms with Crippen LogP contribution >= 0.6 is 0 Å². The van der Waals surface area contributed by atoms with Crippen LogP contribution in [0.4, 0.5) is 0 Å². The first kappa shape index (κ1) is 21.1. The van der Waals surface area contributed by atoms with Crippen molar-refractivity contribution in [1.29, 1.82) is 0 Å². The Morgan fingerprint density at radius 1 is 0.871 bits per heavy atom. The molecular weight excluding hydrogens is 404 g/mol. The number of carbonyl (C=O) groups excluding carboxylic acids is 1. The van der Waals surface area contributed by atoms with Gasteiger partial charge in [-0.3, -0.25) is 4.79 Å². The summed E-state index contributed by atoms with van der Waals surface area (Å²) in [5, 5.41) is 0. The molecule has 0 aliphatic carbocycles. The van der Waals surface area contributed by atoms with Crippen LogP contribution in [0, 0.1) is 11.8 Å². The highest BCUT2D eigenvalue weighted by atomic mass is 16.7. The molecule has 2 aromatic rings. The third kappa shape index (κ3) is 4.07. The minimum Gasteiger partial charge on any atom is -0.493 e. The van der Waals surface area contributed by atoms with Gasteiger partial charge in [0, 0.05) is 13.0 Å². The predicted molar refractivity (Wildman–Crippen MR) is 110 cm³/mol. The molecule has 0 saturated carbocycles. The molecule has 2 aromatic carbocycles. The summed E-state index contributed by atoms with van der Waals surface area (Å²) >= 11 is 0. The molecule has 0 radical (unpaired) electrons. The van der Waals surface area contributed by atoms with E-state index in [4.69, 9.17) is 33.2 Å². The van der Waals surface area contributed by atoms with Gasteiger partial charge in [-0.2, -0.15) is 0 Å². The molecule has 0 bridgehead atoms. The third-order valence-electron chi connectivity index (χ3n) is 5.72. The Balaban J connectivity index is 1.60. The number of carbonyl (C=O) groups is 1. The molecule has 4 rings (SSSR count). The SMILES string of the molecule is COc1cc(C[C@H]2C(=O)O[C@@H](OC)[C@@H]2Cc2ccc3c(c2)OCO3)cc(OC)c1OC. The molecule has 0 spiro atoms. The van der Waals surface area contributed by atoms with Crippen molar-refractivity contribution < 1.29 is 38.0 Å². The van der Waals surface area contributed by atoms with Gasteiger partial charge in [0.25, 0.3) is 0 Å². The lowest BCUT2D eigenvalue weighted by Crippen LogP contribution is -2.26. The maximum Gasteiger partial charge on any atom is 0.312 e. The van der Waals surface area contributed by atoms with Crippen molar-refractivity contribution >= 4 is 5.97 Å². The van der Waals surface area contributed by atoms with Crippen LogP contribution in [0.5, 0.6) is 28.7 Å².